The molecule has 0 amide bonds. The first-order chi connectivity index (χ1) is 3.66. The lowest BCUT2D eigenvalue weighted by Crippen LogP contribution is -2.20. The lowest BCUT2D eigenvalue weighted by molar-refractivity contribution is 0.341. The lowest BCUT2D eigenvalue weighted by atomic mass is 10.2. The van der Waals surface area contributed by atoms with E-state index < -0.39 is 0 Å². The Kier molecular flexibility index (Phi) is 3.88. The molecule has 0 aromatic carbocycles. The summed E-state index contributed by atoms with van der Waals surface area (Å²) in [5.74, 6) is 0.743. The van der Waals surface area contributed by atoms with E-state index in [2.05, 4.69) is 32.7 Å². The van der Waals surface area contributed by atoms with Crippen molar-refractivity contribution in [2.24, 2.45) is 5.92 Å². The maximum absolute atomic E-state index is 3.83. The predicted octanol–water partition coefficient (Wildman–Crippen LogP) is 1.76. The van der Waals surface area contributed by atoms with Crippen LogP contribution < -0.4 is 0 Å². The zero-order valence-electron chi connectivity index (χ0n) is 6.15. The Morgan fingerprint density at radius 2 is 2.00 bits per heavy atom. The molecule has 0 bridgehead atoms. The summed E-state index contributed by atoms with van der Waals surface area (Å²) in [6, 6.07) is 0. The Hall–Kier alpha value is -0.0400. The average Bonchev–Trinajstić information content (AvgIpc) is 1.65. The molecule has 0 heterocycles. The second kappa shape index (κ2) is 3.90. The van der Waals surface area contributed by atoms with Gasteiger partial charge in [0.15, 0.2) is 0 Å². The fourth-order valence-corrected chi connectivity index (χ4v) is 0.645. The smallest absolute Gasteiger partial charge is 0.0109 e. The standard InChI is InChI=1S/C7H16N/c1-5-8(4)6-7(2)3/h7H,4-6H2,1-3H3. The van der Waals surface area contributed by atoms with Crippen LogP contribution in [0.5, 0.6) is 0 Å². The van der Waals surface area contributed by atoms with Crippen molar-refractivity contribution in [3.05, 3.63) is 7.05 Å². The van der Waals surface area contributed by atoms with E-state index in [4.69, 9.17) is 0 Å². The van der Waals surface area contributed by atoms with Gasteiger partial charge in [0, 0.05) is 13.6 Å². The molecule has 0 aromatic rings. The zero-order chi connectivity index (χ0) is 6.57. The third-order valence-corrected chi connectivity index (χ3v) is 1.07. The van der Waals surface area contributed by atoms with Gasteiger partial charge in [-0.3, -0.25) is 0 Å². The molecule has 0 aliphatic heterocycles. The van der Waals surface area contributed by atoms with Gasteiger partial charge in [0.25, 0.3) is 0 Å². The van der Waals surface area contributed by atoms with Crippen molar-refractivity contribution in [3.8, 4) is 0 Å². The molecule has 0 aromatic heterocycles. The van der Waals surface area contributed by atoms with E-state index in [1.807, 2.05) is 0 Å². The predicted molar refractivity (Wildman–Crippen MR) is 37.4 cm³/mol. The van der Waals surface area contributed by atoms with Crippen LogP contribution >= 0.6 is 0 Å². The SMILES string of the molecule is [CH2]N(CC)CC(C)C. The Balaban J connectivity index is 3.10. The van der Waals surface area contributed by atoms with Gasteiger partial charge < -0.3 is 4.90 Å². The van der Waals surface area contributed by atoms with E-state index >= 15 is 0 Å². The Morgan fingerprint density at radius 3 is 2.12 bits per heavy atom. The van der Waals surface area contributed by atoms with Crippen LogP contribution in [0, 0.1) is 13.0 Å². The molecule has 1 heteroatoms. The second-order valence-electron chi connectivity index (χ2n) is 2.56. The van der Waals surface area contributed by atoms with Crippen molar-refractivity contribution in [2.45, 2.75) is 20.8 Å². The first-order valence-electron chi connectivity index (χ1n) is 3.22. The van der Waals surface area contributed by atoms with Crippen LogP contribution in [0.25, 0.3) is 0 Å². The minimum Gasteiger partial charge on any atom is -0.302 e. The zero-order valence-corrected chi connectivity index (χ0v) is 6.15. The molecule has 1 radical (unpaired) electrons. The highest BCUT2D eigenvalue weighted by Gasteiger charge is 1.96. The van der Waals surface area contributed by atoms with E-state index in [9.17, 15) is 0 Å². The molecule has 0 aliphatic rings. The van der Waals surface area contributed by atoms with Crippen LogP contribution in [-0.4, -0.2) is 18.0 Å². The fourth-order valence-electron chi connectivity index (χ4n) is 0.645. The summed E-state index contributed by atoms with van der Waals surface area (Å²) in [5.41, 5.74) is 0. The molecule has 49 valence electrons. The van der Waals surface area contributed by atoms with Crippen LogP contribution in [0.1, 0.15) is 20.8 Å². The topological polar surface area (TPSA) is 3.24 Å². The summed E-state index contributed by atoms with van der Waals surface area (Å²) in [4.78, 5) is 2.07. The molecule has 0 saturated heterocycles. The number of hydrogen-bond donors (Lipinski definition) is 0. The second-order valence-corrected chi connectivity index (χ2v) is 2.56. The summed E-state index contributed by atoms with van der Waals surface area (Å²) in [5, 5.41) is 0. The van der Waals surface area contributed by atoms with Crippen molar-refractivity contribution in [3.63, 3.8) is 0 Å². The molecular formula is C7H16N. The van der Waals surface area contributed by atoms with E-state index in [-0.39, 0.29) is 0 Å². The van der Waals surface area contributed by atoms with Crippen molar-refractivity contribution in [1.82, 2.24) is 4.90 Å². The highest BCUT2D eigenvalue weighted by Crippen LogP contribution is 1.94. The number of rotatable bonds is 3. The molecule has 0 atom stereocenters. The number of hydrogen-bond acceptors (Lipinski definition) is 1. The van der Waals surface area contributed by atoms with Crippen molar-refractivity contribution in [1.29, 1.82) is 0 Å². The molecule has 0 unspecified atom stereocenters. The van der Waals surface area contributed by atoms with Gasteiger partial charge in [0.05, 0.1) is 0 Å². The van der Waals surface area contributed by atoms with E-state index in [1.54, 1.807) is 0 Å². The van der Waals surface area contributed by atoms with Gasteiger partial charge in [-0.15, -0.1) is 0 Å². The molecule has 0 saturated carbocycles. The van der Waals surface area contributed by atoms with E-state index in [0.717, 1.165) is 19.0 Å². The molecule has 1 nitrogen and oxygen atoms in total. The number of nitrogens with zero attached hydrogens (tertiary/aromatic N) is 1. The van der Waals surface area contributed by atoms with Gasteiger partial charge in [0.1, 0.15) is 0 Å². The molecule has 0 fully saturated rings. The monoisotopic (exact) mass is 114 g/mol. The first-order valence-corrected chi connectivity index (χ1v) is 3.22. The maximum atomic E-state index is 3.83. The summed E-state index contributed by atoms with van der Waals surface area (Å²) < 4.78 is 0. The largest absolute Gasteiger partial charge is 0.302 e. The molecule has 0 N–H and O–H groups in total. The quantitative estimate of drug-likeness (QED) is 0.540. The summed E-state index contributed by atoms with van der Waals surface area (Å²) in [7, 11) is 3.83. The van der Waals surface area contributed by atoms with Crippen molar-refractivity contribution in [2.75, 3.05) is 13.1 Å². The van der Waals surface area contributed by atoms with Gasteiger partial charge >= 0.3 is 0 Å². The van der Waals surface area contributed by atoms with E-state index in [0.29, 0.717) is 0 Å². The minimum absolute atomic E-state index is 0.743. The average molecular weight is 114 g/mol. The minimum atomic E-state index is 0.743. The molecule has 0 spiro atoms. The van der Waals surface area contributed by atoms with Gasteiger partial charge in [-0.1, -0.05) is 20.8 Å². The third kappa shape index (κ3) is 4.13. The van der Waals surface area contributed by atoms with Gasteiger partial charge in [-0.2, -0.15) is 0 Å². The molecular weight excluding hydrogens is 98.1 g/mol. The van der Waals surface area contributed by atoms with Gasteiger partial charge in [0.2, 0.25) is 0 Å². The summed E-state index contributed by atoms with van der Waals surface area (Å²) >= 11 is 0. The van der Waals surface area contributed by atoms with Crippen molar-refractivity contribution >= 4 is 0 Å². The Morgan fingerprint density at radius 1 is 1.50 bits per heavy atom. The van der Waals surface area contributed by atoms with Crippen LogP contribution in [0.2, 0.25) is 0 Å². The summed E-state index contributed by atoms with van der Waals surface area (Å²) in [6.07, 6.45) is 0. The Bertz CT molecular complexity index is 50.3. The lowest BCUT2D eigenvalue weighted by Gasteiger charge is -2.15. The summed E-state index contributed by atoms with van der Waals surface area (Å²) in [6.45, 7) is 8.69. The molecule has 8 heavy (non-hydrogen) atoms. The van der Waals surface area contributed by atoms with Crippen molar-refractivity contribution < 1.29 is 0 Å². The van der Waals surface area contributed by atoms with E-state index in [1.165, 1.54) is 0 Å². The third-order valence-electron chi connectivity index (χ3n) is 1.07. The molecule has 0 aliphatic carbocycles. The highest BCUT2D eigenvalue weighted by atomic mass is 15.1. The first kappa shape index (κ1) is 7.96. The van der Waals surface area contributed by atoms with Crippen LogP contribution in [-0.2, 0) is 0 Å². The van der Waals surface area contributed by atoms with Crippen LogP contribution in [0.3, 0.4) is 0 Å². The highest BCUT2D eigenvalue weighted by molar-refractivity contribution is 4.54. The van der Waals surface area contributed by atoms with Gasteiger partial charge in [-0.25, -0.2) is 0 Å². The van der Waals surface area contributed by atoms with Crippen LogP contribution in [0.4, 0.5) is 0 Å². The normalized spacial score (nSPS) is 11.2. The van der Waals surface area contributed by atoms with Crippen LogP contribution in [0.15, 0.2) is 0 Å². The van der Waals surface area contributed by atoms with Gasteiger partial charge in [-0.05, 0) is 12.5 Å². The molecule has 0 rings (SSSR count). The fraction of sp³-hybridized carbons (Fsp3) is 0.857. The Labute approximate surface area is 52.7 Å². The maximum Gasteiger partial charge on any atom is 0.0109 e.